The highest BCUT2D eigenvalue weighted by Gasteiger charge is 2.14. The Morgan fingerprint density at radius 3 is 2.88 bits per heavy atom. The number of halogens is 2. The molecule has 17 heavy (non-hydrogen) atoms. The molecule has 2 rings (SSSR count). The zero-order chi connectivity index (χ0) is 12.4. The molecular weight excluding hydrogens is 311 g/mol. The van der Waals surface area contributed by atoms with Crippen LogP contribution < -0.4 is 11.1 Å². The molecule has 88 valence electrons. The van der Waals surface area contributed by atoms with Crippen molar-refractivity contribution in [1.29, 1.82) is 0 Å². The van der Waals surface area contributed by atoms with E-state index in [4.69, 9.17) is 5.73 Å². The third-order valence-corrected chi connectivity index (χ3v) is 3.00. The summed E-state index contributed by atoms with van der Waals surface area (Å²) in [5, 5.41) is 10.0. The molecular formula is C9H6BrFN4OS. The number of anilines is 2. The van der Waals surface area contributed by atoms with Crippen molar-refractivity contribution >= 4 is 43.4 Å². The number of nitrogens with zero attached hydrogens (tertiary/aromatic N) is 2. The molecule has 0 radical (unpaired) electrons. The number of hydrogen-bond donors (Lipinski definition) is 2. The lowest BCUT2D eigenvalue weighted by atomic mass is 10.2. The van der Waals surface area contributed by atoms with Crippen LogP contribution in [0.25, 0.3) is 0 Å². The smallest absolute Gasteiger partial charge is 0.260 e. The number of nitrogens with one attached hydrogen (secondary N) is 1. The van der Waals surface area contributed by atoms with Crippen LogP contribution in [0.4, 0.5) is 14.7 Å². The molecule has 3 N–H and O–H groups in total. The fraction of sp³-hybridized carbons (Fsp3) is 0. The molecule has 5 nitrogen and oxygen atoms in total. The third-order valence-electron chi connectivity index (χ3n) is 1.83. The molecule has 0 saturated heterocycles. The van der Waals surface area contributed by atoms with E-state index >= 15 is 0 Å². The number of carbonyl (C=O) groups is 1. The zero-order valence-corrected chi connectivity index (χ0v) is 10.7. The summed E-state index contributed by atoms with van der Waals surface area (Å²) >= 11 is 4.17. The van der Waals surface area contributed by atoms with Gasteiger partial charge in [0.2, 0.25) is 10.3 Å². The van der Waals surface area contributed by atoms with Crippen LogP contribution >= 0.6 is 27.3 Å². The first kappa shape index (κ1) is 11.9. The highest BCUT2D eigenvalue weighted by molar-refractivity contribution is 9.10. The Morgan fingerprint density at radius 1 is 1.47 bits per heavy atom. The van der Waals surface area contributed by atoms with Crippen LogP contribution in [0, 0.1) is 5.82 Å². The Bertz CT molecular complexity index is 574. The third kappa shape index (κ3) is 2.77. The van der Waals surface area contributed by atoms with Gasteiger partial charge in [-0.2, -0.15) is 0 Å². The van der Waals surface area contributed by atoms with E-state index < -0.39 is 11.7 Å². The summed E-state index contributed by atoms with van der Waals surface area (Å²) in [6.45, 7) is 0. The molecule has 0 unspecified atom stereocenters. The van der Waals surface area contributed by atoms with Gasteiger partial charge in [-0.05, 0) is 18.2 Å². The van der Waals surface area contributed by atoms with Gasteiger partial charge in [0, 0.05) is 4.47 Å². The van der Waals surface area contributed by atoms with Gasteiger partial charge in [-0.15, -0.1) is 10.2 Å². The Balaban J connectivity index is 2.22. The van der Waals surface area contributed by atoms with Crippen LogP contribution in [0.1, 0.15) is 10.4 Å². The average Bonchev–Trinajstić information content (AvgIpc) is 2.67. The summed E-state index contributed by atoms with van der Waals surface area (Å²) < 4.78 is 14.0. The molecule has 8 heteroatoms. The minimum absolute atomic E-state index is 0.0758. The summed E-state index contributed by atoms with van der Waals surface area (Å²) in [5.74, 6) is -1.21. The van der Waals surface area contributed by atoms with E-state index in [-0.39, 0.29) is 15.8 Å². The Kier molecular flexibility index (Phi) is 3.34. The van der Waals surface area contributed by atoms with Crippen LogP contribution in [0.15, 0.2) is 22.7 Å². The first-order valence-corrected chi connectivity index (χ1v) is 6.02. The molecule has 1 aromatic carbocycles. The maximum atomic E-state index is 13.4. The molecule has 0 bridgehead atoms. The van der Waals surface area contributed by atoms with Gasteiger partial charge in [0.05, 0.1) is 5.56 Å². The van der Waals surface area contributed by atoms with Gasteiger partial charge < -0.3 is 5.73 Å². The molecule has 1 aromatic heterocycles. The number of rotatable bonds is 2. The van der Waals surface area contributed by atoms with Crippen LogP contribution in [0.2, 0.25) is 0 Å². The van der Waals surface area contributed by atoms with Crippen molar-refractivity contribution in [2.45, 2.75) is 0 Å². The second kappa shape index (κ2) is 4.76. The number of benzene rings is 1. The number of carbonyl (C=O) groups excluding carboxylic acids is 1. The van der Waals surface area contributed by atoms with Crippen molar-refractivity contribution in [3.8, 4) is 0 Å². The predicted octanol–water partition coefficient (Wildman–Crippen LogP) is 2.27. The van der Waals surface area contributed by atoms with E-state index in [9.17, 15) is 9.18 Å². The van der Waals surface area contributed by atoms with Crippen molar-refractivity contribution in [1.82, 2.24) is 10.2 Å². The molecule has 0 saturated carbocycles. The molecule has 0 atom stereocenters. The zero-order valence-electron chi connectivity index (χ0n) is 8.28. The van der Waals surface area contributed by atoms with E-state index in [0.29, 0.717) is 4.47 Å². The summed E-state index contributed by atoms with van der Waals surface area (Å²) in [6, 6.07) is 4.09. The van der Waals surface area contributed by atoms with Crippen molar-refractivity contribution in [3.63, 3.8) is 0 Å². The lowest BCUT2D eigenvalue weighted by Crippen LogP contribution is -2.13. The van der Waals surface area contributed by atoms with Gasteiger partial charge in [0.15, 0.2) is 0 Å². The number of aromatic nitrogens is 2. The van der Waals surface area contributed by atoms with E-state index in [0.717, 1.165) is 11.3 Å². The topological polar surface area (TPSA) is 80.9 Å². The second-order valence-corrected chi connectivity index (χ2v) is 4.95. The van der Waals surface area contributed by atoms with Crippen LogP contribution in [0.3, 0.4) is 0 Å². The number of nitrogen functional groups attached to an aromatic ring is 1. The largest absolute Gasteiger partial charge is 0.374 e. The maximum Gasteiger partial charge on any atom is 0.260 e. The number of nitrogens with two attached hydrogens (primary N) is 1. The van der Waals surface area contributed by atoms with Gasteiger partial charge in [-0.1, -0.05) is 27.3 Å². The predicted molar refractivity (Wildman–Crippen MR) is 66.4 cm³/mol. The first-order chi connectivity index (χ1) is 8.06. The Hall–Kier alpha value is -1.54. The lowest BCUT2D eigenvalue weighted by Gasteiger charge is -2.02. The second-order valence-electron chi connectivity index (χ2n) is 3.02. The van der Waals surface area contributed by atoms with E-state index in [1.165, 1.54) is 18.2 Å². The Morgan fingerprint density at radius 2 is 2.24 bits per heavy atom. The minimum atomic E-state index is -0.608. The SMILES string of the molecule is Nc1nnc(NC(=O)c2cc(Br)ccc2F)s1. The number of hydrogen-bond acceptors (Lipinski definition) is 5. The van der Waals surface area contributed by atoms with E-state index in [2.05, 4.69) is 31.4 Å². The standard InChI is InChI=1S/C9H6BrFN4OS/c10-4-1-2-6(11)5(3-4)7(16)13-9-15-14-8(12)17-9/h1-3H,(H2,12,14)(H,13,15,16). The average molecular weight is 317 g/mol. The normalized spacial score (nSPS) is 10.2. The highest BCUT2D eigenvalue weighted by Crippen LogP contribution is 2.20. The van der Waals surface area contributed by atoms with Gasteiger partial charge >= 0.3 is 0 Å². The van der Waals surface area contributed by atoms with Crippen molar-refractivity contribution < 1.29 is 9.18 Å². The quantitative estimate of drug-likeness (QED) is 0.890. The lowest BCUT2D eigenvalue weighted by molar-refractivity contribution is 0.102. The molecule has 0 spiro atoms. The molecule has 2 aromatic rings. The Labute approximate surface area is 108 Å². The molecule has 1 heterocycles. The molecule has 0 aliphatic heterocycles. The van der Waals surface area contributed by atoms with Crippen LogP contribution in [-0.2, 0) is 0 Å². The number of amides is 1. The first-order valence-electron chi connectivity index (χ1n) is 4.41. The monoisotopic (exact) mass is 316 g/mol. The molecule has 0 aliphatic rings. The van der Waals surface area contributed by atoms with Gasteiger partial charge in [0.25, 0.3) is 5.91 Å². The van der Waals surface area contributed by atoms with Crippen molar-refractivity contribution in [3.05, 3.63) is 34.1 Å². The summed E-state index contributed by atoms with van der Waals surface area (Å²) in [4.78, 5) is 11.7. The van der Waals surface area contributed by atoms with Gasteiger partial charge in [-0.3, -0.25) is 10.1 Å². The fourth-order valence-corrected chi connectivity index (χ4v) is 1.99. The van der Waals surface area contributed by atoms with Crippen LogP contribution in [0.5, 0.6) is 0 Å². The molecule has 0 fully saturated rings. The molecule has 0 aliphatic carbocycles. The summed E-state index contributed by atoms with van der Waals surface area (Å²) in [6.07, 6.45) is 0. The summed E-state index contributed by atoms with van der Waals surface area (Å²) in [5.41, 5.74) is 5.28. The highest BCUT2D eigenvalue weighted by atomic mass is 79.9. The minimum Gasteiger partial charge on any atom is -0.374 e. The van der Waals surface area contributed by atoms with Gasteiger partial charge in [-0.25, -0.2) is 4.39 Å². The van der Waals surface area contributed by atoms with E-state index in [1.807, 2.05) is 0 Å². The van der Waals surface area contributed by atoms with Crippen molar-refractivity contribution in [2.24, 2.45) is 0 Å². The summed E-state index contributed by atoms with van der Waals surface area (Å²) in [7, 11) is 0. The molecule has 1 amide bonds. The van der Waals surface area contributed by atoms with Crippen molar-refractivity contribution in [2.75, 3.05) is 11.1 Å². The maximum absolute atomic E-state index is 13.4. The van der Waals surface area contributed by atoms with Crippen LogP contribution in [-0.4, -0.2) is 16.1 Å². The van der Waals surface area contributed by atoms with E-state index in [1.54, 1.807) is 0 Å². The fourth-order valence-electron chi connectivity index (χ4n) is 1.12. The van der Waals surface area contributed by atoms with Gasteiger partial charge in [0.1, 0.15) is 5.82 Å².